The van der Waals surface area contributed by atoms with E-state index in [1.54, 1.807) is 31.4 Å². The van der Waals surface area contributed by atoms with Gasteiger partial charge in [0.1, 0.15) is 11.5 Å². The molecule has 0 bridgehead atoms. The predicted octanol–water partition coefficient (Wildman–Crippen LogP) is 3.39. The van der Waals surface area contributed by atoms with Crippen LogP contribution in [0.3, 0.4) is 0 Å². The van der Waals surface area contributed by atoms with Crippen LogP contribution in [-0.2, 0) is 11.4 Å². The summed E-state index contributed by atoms with van der Waals surface area (Å²) in [6, 6.07) is 16.5. The molecule has 134 valence electrons. The molecule has 7 nitrogen and oxygen atoms in total. The number of carbonyl (C=O) groups is 1. The standard InChI is InChI=1S/C18H17N3O4S/c1-23-14-9-7-13(8-10-14)19-16(22)12-26-18-21-20-17(25-18)11-24-15-5-3-2-4-6-15/h2-10H,11-12H2,1H3,(H,19,22). The number of aromatic nitrogens is 2. The van der Waals surface area contributed by atoms with Crippen molar-refractivity contribution in [2.75, 3.05) is 18.2 Å². The Hall–Kier alpha value is -3.00. The summed E-state index contributed by atoms with van der Waals surface area (Å²) in [6.45, 7) is 0.176. The zero-order chi connectivity index (χ0) is 18.2. The minimum atomic E-state index is -0.166. The van der Waals surface area contributed by atoms with E-state index in [0.717, 1.165) is 11.5 Å². The summed E-state index contributed by atoms with van der Waals surface area (Å²) < 4.78 is 16.1. The van der Waals surface area contributed by atoms with Gasteiger partial charge in [-0.25, -0.2) is 0 Å². The van der Waals surface area contributed by atoms with Crippen molar-refractivity contribution in [3.63, 3.8) is 0 Å². The lowest BCUT2D eigenvalue weighted by molar-refractivity contribution is -0.113. The summed E-state index contributed by atoms with van der Waals surface area (Å²) >= 11 is 1.17. The van der Waals surface area contributed by atoms with Crippen molar-refractivity contribution in [3.05, 3.63) is 60.5 Å². The number of thioether (sulfide) groups is 1. The van der Waals surface area contributed by atoms with Gasteiger partial charge in [0.15, 0.2) is 6.61 Å². The number of anilines is 1. The molecule has 3 rings (SSSR count). The average molecular weight is 371 g/mol. The van der Waals surface area contributed by atoms with Crippen molar-refractivity contribution in [1.29, 1.82) is 0 Å². The highest BCUT2D eigenvalue weighted by atomic mass is 32.2. The van der Waals surface area contributed by atoms with Crippen LogP contribution < -0.4 is 14.8 Å². The second-order valence-corrected chi connectivity index (χ2v) is 6.06. The number of hydrogen-bond donors (Lipinski definition) is 1. The third kappa shape index (κ3) is 5.25. The van der Waals surface area contributed by atoms with Crippen molar-refractivity contribution in [3.8, 4) is 11.5 Å². The molecular formula is C18H17N3O4S. The Balaban J connectivity index is 1.44. The van der Waals surface area contributed by atoms with E-state index in [4.69, 9.17) is 13.9 Å². The quantitative estimate of drug-likeness (QED) is 0.607. The molecule has 3 aromatic rings. The van der Waals surface area contributed by atoms with Gasteiger partial charge in [-0.2, -0.15) is 0 Å². The Morgan fingerprint density at radius 1 is 1.08 bits per heavy atom. The molecule has 1 amide bonds. The van der Waals surface area contributed by atoms with Gasteiger partial charge < -0.3 is 19.2 Å². The van der Waals surface area contributed by atoms with Crippen LogP contribution in [-0.4, -0.2) is 29.0 Å². The molecule has 0 aliphatic rings. The summed E-state index contributed by atoms with van der Waals surface area (Å²) in [4.78, 5) is 12.0. The Morgan fingerprint density at radius 3 is 2.58 bits per heavy atom. The molecule has 8 heteroatoms. The van der Waals surface area contributed by atoms with Crippen LogP contribution in [0.2, 0.25) is 0 Å². The number of nitrogens with zero attached hydrogens (tertiary/aromatic N) is 2. The highest BCUT2D eigenvalue weighted by molar-refractivity contribution is 7.99. The van der Waals surface area contributed by atoms with E-state index in [1.165, 1.54) is 11.8 Å². The van der Waals surface area contributed by atoms with Crippen molar-refractivity contribution >= 4 is 23.4 Å². The number of carbonyl (C=O) groups excluding carboxylic acids is 1. The van der Waals surface area contributed by atoms with Crippen LogP contribution in [0.4, 0.5) is 5.69 Å². The molecule has 0 aliphatic carbocycles. The molecule has 0 spiro atoms. The van der Waals surface area contributed by atoms with Crippen LogP contribution in [0.1, 0.15) is 5.89 Å². The SMILES string of the molecule is COc1ccc(NC(=O)CSc2nnc(COc3ccccc3)o2)cc1. The minimum absolute atomic E-state index is 0.160. The second-order valence-electron chi connectivity index (χ2n) is 5.13. The van der Waals surface area contributed by atoms with Crippen LogP contribution in [0.25, 0.3) is 0 Å². The van der Waals surface area contributed by atoms with Crippen molar-refractivity contribution < 1.29 is 18.7 Å². The fraction of sp³-hybridized carbons (Fsp3) is 0.167. The number of hydrogen-bond acceptors (Lipinski definition) is 7. The largest absolute Gasteiger partial charge is 0.497 e. The van der Waals surface area contributed by atoms with Gasteiger partial charge in [-0.05, 0) is 36.4 Å². The first-order valence-corrected chi connectivity index (χ1v) is 8.78. The lowest BCUT2D eigenvalue weighted by Crippen LogP contribution is -2.13. The number of rotatable bonds is 8. The molecule has 0 saturated carbocycles. The zero-order valence-corrected chi connectivity index (χ0v) is 14.9. The fourth-order valence-corrected chi connectivity index (χ4v) is 2.60. The third-order valence-corrected chi connectivity index (χ3v) is 4.07. The molecule has 0 radical (unpaired) electrons. The first kappa shape index (κ1) is 17.8. The van der Waals surface area contributed by atoms with Gasteiger partial charge in [0, 0.05) is 5.69 Å². The van der Waals surface area contributed by atoms with Gasteiger partial charge in [0.05, 0.1) is 12.9 Å². The first-order chi connectivity index (χ1) is 12.7. The molecule has 1 N–H and O–H groups in total. The number of ether oxygens (including phenoxy) is 2. The number of methoxy groups -OCH3 is 1. The molecule has 1 aromatic heterocycles. The molecule has 2 aromatic carbocycles. The molecule has 0 fully saturated rings. The van der Waals surface area contributed by atoms with Crippen molar-refractivity contribution in [1.82, 2.24) is 10.2 Å². The maximum atomic E-state index is 12.0. The summed E-state index contributed by atoms with van der Waals surface area (Å²) in [5.74, 6) is 1.80. The Kier molecular flexibility index (Phi) is 6.10. The molecule has 26 heavy (non-hydrogen) atoms. The molecule has 0 unspecified atom stereocenters. The van der Waals surface area contributed by atoms with Gasteiger partial charge >= 0.3 is 0 Å². The molecular weight excluding hydrogens is 354 g/mol. The number of para-hydroxylation sites is 1. The lowest BCUT2D eigenvalue weighted by atomic mass is 10.3. The Labute approximate surface area is 154 Å². The molecule has 1 heterocycles. The number of benzene rings is 2. The summed E-state index contributed by atoms with van der Waals surface area (Å²) in [7, 11) is 1.59. The second kappa shape index (κ2) is 8.91. The maximum absolute atomic E-state index is 12.0. The fourth-order valence-electron chi connectivity index (χ4n) is 2.02. The van der Waals surface area contributed by atoms with Crippen LogP contribution >= 0.6 is 11.8 Å². The van der Waals surface area contributed by atoms with E-state index in [0.29, 0.717) is 16.8 Å². The normalized spacial score (nSPS) is 10.3. The average Bonchev–Trinajstić information content (AvgIpc) is 3.14. The van der Waals surface area contributed by atoms with Gasteiger partial charge in [0.25, 0.3) is 11.1 Å². The van der Waals surface area contributed by atoms with Gasteiger partial charge in [-0.15, -0.1) is 10.2 Å². The van der Waals surface area contributed by atoms with E-state index in [-0.39, 0.29) is 18.3 Å². The number of nitrogens with one attached hydrogen (secondary N) is 1. The summed E-state index contributed by atoms with van der Waals surface area (Å²) in [6.07, 6.45) is 0. The van der Waals surface area contributed by atoms with E-state index in [2.05, 4.69) is 15.5 Å². The Bertz CT molecular complexity index is 837. The zero-order valence-electron chi connectivity index (χ0n) is 14.0. The molecule has 0 aliphatic heterocycles. The van der Waals surface area contributed by atoms with Crippen LogP contribution in [0, 0.1) is 0 Å². The van der Waals surface area contributed by atoms with E-state index in [9.17, 15) is 4.79 Å². The van der Waals surface area contributed by atoms with E-state index in [1.807, 2.05) is 30.3 Å². The Morgan fingerprint density at radius 2 is 1.85 bits per heavy atom. The predicted molar refractivity (Wildman–Crippen MR) is 97.4 cm³/mol. The minimum Gasteiger partial charge on any atom is -0.497 e. The molecule has 0 atom stereocenters. The third-order valence-electron chi connectivity index (χ3n) is 3.25. The van der Waals surface area contributed by atoms with Crippen LogP contribution in [0.15, 0.2) is 64.2 Å². The monoisotopic (exact) mass is 371 g/mol. The highest BCUT2D eigenvalue weighted by Gasteiger charge is 2.10. The number of amides is 1. The highest BCUT2D eigenvalue weighted by Crippen LogP contribution is 2.19. The maximum Gasteiger partial charge on any atom is 0.277 e. The smallest absolute Gasteiger partial charge is 0.277 e. The summed E-state index contributed by atoms with van der Waals surface area (Å²) in [5, 5.41) is 10.9. The van der Waals surface area contributed by atoms with Crippen LogP contribution in [0.5, 0.6) is 11.5 Å². The van der Waals surface area contributed by atoms with Gasteiger partial charge in [0.2, 0.25) is 5.91 Å². The molecule has 0 saturated heterocycles. The van der Waals surface area contributed by atoms with Crippen molar-refractivity contribution in [2.24, 2.45) is 0 Å². The van der Waals surface area contributed by atoms with Crippen molar-refractivity contribution in [2.45, 2.75) is 11.8 Å². The first-order valence-electron chi connectivity index (χ1n) is 7.80. The van der Waals surface area contributed by atoms with Gasteiger partial charge in [-0.1, -0.05) is 30.0 Å². The topological polar surface area (TPSA) is 86.5 Å². The van der Waals surface area contributed by atoms with E-state index < -0.39 is 0 Å². The lowest BCUT2D eigenvalue weighted by Gasteiger charge is -2.05. The van der Waals surface area contributed by atoms with E-state index >= 15 is 0 Å². The van der Waals surface area contributed by atoms with Gasteiger partial charge in [-0.3, -0.25) is 4.79 Å². The summed E-state index contributed by atoms with van der Waals surface area (Å²) in [5.41, 5.74) is 0.693.